The molecule has 8 heteroatoms. The fraction of sp³-hybridized carbons (Fsp3) is 0.211. The number of rotatable bonds is 3. The van der Waals surface area contributed by atoms with Crippen molar-refractivity contribution in [1.29, 1.82) is 0 Å². The van der Waals surface area contributed by atoms with E-state index in [2.05, 4.69) is 26.2 Å². The van der Waals surface area contributed by atoms with Crippen LogP contribution in [0.3, 0.4) is 0 Å². The van der Waals surface area contributed by atoms with Crippen LogP contribution in [-0.4, -0.2) is 35.5 Å². The Balaban J connectivity index is 1.75. The van der Waals surface area contributed by atoms with Crippen molar-refractivity contribution in [2.45, 2.75) is 25.4 Å². The molecule has 8 nitrogen and oxygen atoms in total. The summed E-state index contributed by atoms with van der Waals surface area (Å²) in [6.45, 7) is 3.78. The highest BCUT2D eigenvalue weighted by Gasteiger charge is 2.42. The van der Waals surface area contributed by atoms with Crippen LogP contribution in [0.5, 0.6) is 5.75 Å². The number of ether oxygens (including phenoxy) is 1. The topological polar surface area (TPSA) is 87.7 Å². The van der Waals surface area contributed by atoms with Crippen molar-refractivity contribution < 1.29 is 9.53 Å². The largest absolute Gasteiger partial charge is 0.426 e. The maximum atomic E-state index is 12.3. The summed E-state index contributed by atoms with van der Waals surface area (Å²) in [5.74, 6) is 0.382. The molecular weight excluding hydrogens is 344 g/mol. The van der Waals surface area contributed by atoms with E-state index in [0.717, 1.165) is 21.9 Å². The van der Waals surface area contributed by atoms with E-state index in [1.54, 1.807) is 22.0 Å². The summed E-state index contributed by atoms with van der Waals surface area (Å²) >= 11 is 0. The molecule has 4 aromatic rings. The van der Waals surface area contributed by atoms with Gasteiger partial charge in [0.2, 0.25) is 0 Å². The number of carbonyl (C=O) groups is 1. The van der Waals surface area contributed by atoms with Crippen molar-refractivity contribution >= 4 is 16.7 Å². The van der Waals surface area contributed by atoms with Crippen LogP contribution in [0.1, 0.15) is 31.1 Å². The molecule has 0 amide bonds. The average Bonchev–Trinajstić information content (AvgIpc) is 3.39. The molecule has 3 heterocycles. The molecule has 0 saturated carbocycles. The Hall–Kier alpha value is -3.55. The number of esters is 1. The van der Waals surface area contributed by atoms with Crippen LogP contribution < -0.4 is 4.74 Å². The van der Waals surface area contributed by atoms with Crippen molar-refractivity contribution in [2.75, 3.05) is 0 Å². The Kier molecular flexibility index (Phi) is 3.18. The Bertz CT molecular complexity index is 1110. The Labute approximate surface area is 154 Å². The van der Waals surface area contributed by atoms with E-state index in [4.69, 9.17) is 4.74 Å². The summed E-state index contributed by atoms with van der Waals surface area (Å²) < 4.78 is 8.91. The minimum atomic E-state index is -0.705. The van der Waals surface area contributed by atoms with E-state index in [9.17, 15) is 4.79 Å². The molecule has 0 N–H and O–H groups in total. The van der Waals surface area contributed by atoms with E-state index in [0.29, 0.717) is 5.75 Å². The van der Waals surface area contributed by atoms with Crippen LogP contribution in [-0.2, 0) is 10.2 Å². The molecule has 0 aliphatic carbocycles. The maximum Gasteiger partial charge on any atom is 0.321 e. The molecule has 2 aromatic heterocycles. The number of hydrogen-bond acceptors (Lipinski definition) is 6. The van der Waals surface area contributed by atoms with Gasteiger partial charge in [-0.2, -0.15) is 10.2 Å². The summed E-state index contributed by atoms with van der Waals surface area (Å²) in [4.78, 5) is 20.4. The van der Waals surface area contributed by atoms with Gasteiger partial charge in [0.1, 0.15) is 31.1 Å². The maximum absolute atomic E-state index is 12.3. The quantitative estimate of drug-likeness (QED) is 0.412. The fourth-order valence-corrected chi connectivity index (χ4v) is 3.65. The predicted octanol–water partition coefficient (Wildman–Crippen LogP) is 2.31. The highest BCUT2D eigenvalue weighted by atomic mass is 16.5. The van der Waals surface area contributed by atoms with Crippen molar-refractivity contribution in [3.63, 3.8) is 0 Å². The standard InChI is InChI=1S/C19H16N6O2/c1-19(2)16-14-7-13(4-3-12(14)5-6-15(16)27-18(19)26)17(24-10-20-8-22-24)25-11-21-9-23-25/h3-11,17H,1-2H3. The smallest absolute Gasteiger partial charge is 0.321 e. The number of aromatic nitrogens is 6. The second kappa shape index (κ2) is 5.47. The van der Waals surface area contributed by atoms with Crippen LogP contribution in [0.4, 0.5) is 0 Å². The van der Waals surface area contributed by atoms with Gasteiger partial charge in [0.05, 0.1) is 5.41 Å². The first-order chi connectivity index (χ1) is 13.1. The third kappa shape index (κ3) is 2.26. The van der Waals surface area contributed by atoms with Crippen molar-refractivity contribution in [1.82, 2.24) is 29.5 Å². The van der Waals surface area contributed by atoms with Crippen LogP contribution in [0, 0.1) is 0 Å². The van der Waals surface area contributed by atoms with Gasteiger partial charge in [0, 0.05) is 5.56 Å². The predicted molar refractivity (Wildman–Crippen MR) is 96.2 cm³/mol. The minimum Gasteiger partial charge on any atom is -0.426 e. The van der Waals surface area contributed by atoms with Gasteiger partial charge in [0.15, 0.2) is 6.17 Å². The molecule has 5 rings (SSSR count). The number of benzene rings is 2. The lowest BCUT2D eigenvalue weighted by Gasteiger charge is -2.20. The van der Waals surface area contributed by atoms with Gasteiger partial charge < -0.3 is 4.74 Å². The van der Waals surface area contributed by atoms with Crippen molar-refractivity contribution in [3.05, 3.63) is 66.8 Å². The molecule has 0 unspecified atom stereocenters. The molecule has 1 aliphatic heterocycles. The first-order valence-electron chi connectivity index (χ1n) is 8.53. The highest BCUT2D eigenvalue weighted by molar-refractivity contribution is 6.00. The van der Waals surface area contributed by atoms with Crippen molar-refractivity contribution in [3.8, 4) is 5.75 Å². The van der Waals surface area contributed by atoms with Gasteiger partial charge >= 0.3 is 5.97 Å². The number of nitrogens with zero attached hydrogens (tertiary/aromatic N) is 6. The van der Waals surface area contributed by atoms with E-state index in [1.165, 1.54) is 12.7 Å². The van der Waals surface area contributed by atoms with Crippen LogP contribution >= 0.6 is 0 Å². The van der Waals surface area contributed by atoms with E-state index in [1.807, 2.05) is 38.1 Å². The third-order valence-electron chi connectivity index (χ3n) is 5.02. The fourth-order valence-electron chi connectivity index (χ4n) is 3.65. The molecule has 0 atom stereocenters. The zero-order valence-corrected chi connectivity index (χ0v) is 14.8. The molecule has 0 fully saturated rings. The highest BCUT2D eigenvalue weighted by Crippen LogP contribution is 2.44. The Morgan fingerprint density at radius 1 is 1.00 bits per heavy atom. The molecule has 0 spiro atoms. The SMILES string of the molecule is CC1(C)C(=O)Oc2ccc3ccc(C(n4cncn4)n4cncn4)cc3c21. The summed E-state index contributed by atoms with van der Waals surface area (Å²) in [7, 11) is 0. The molecule has 27 heavy (non-hydrogen) atoms. The van der Waals surface area contributed by atoms with Crippen LogP contribution in [0.15, 0.2) is 55.6 Å². The summed E-state index contributed by atoms with van der Waals surface area (Å²) in [5.41, 5.74) is 1.15. The number of hydrogen-bond donors (Lipinski definition) is 0. The van der Waals surface area contributed by atoms with Crippen LogP contribution in [0.2, 0.25) is 0 Å². The monoisotopic (exact) mass is 360 g/mol. The second-order valence-corrected chi connectivity index (χ2v) is 7.06. The molecule has 134 valence electrons. The Morgan fingerprint density at radius 2 is 1.67 bits per heavy atom. The minimum absolute atomic E-state index is 0.237. The third-order valence-corrected chi connectivity index (χ3v) is 5.02. The molecule has 2 aromatic carbocycles. The lowest BCUT2D eigenvalue weighted by molar-refractivity contribution is -0.137. The van der Waals surface area contributed by atoms with E-state index >= 15 is 0 Å². The van der Waals surface area contributed by atoms with E-state index < -0.39 is 5.41 Å². The van der Waals surface area contributed by atoms with Crippen molar-refractivity contribution in [2.24, 2.45) is 0 Å². The second-order valence-electron chi connectivity index (χ2n) is 7.06. The summed E-state index contributed by atoms with van der Waals surface area (Å²) in [6, 6.07) is 9.94. The van der Waals surface area contributed by atoms with Gasteiger partial charge in [-0.1, -0.05) is 18.2 Å². The number of fused-ring (bicyclic) bond motifs is 3. The first-order valence-corrected chi connectivity index (χ1v) is 8.53. The molecule has 0 radical (unpaired) electrons. The van der Waals surface area contributed by atoms with Gasteiger partial charge in [-0.25, -0.2) is 19.3 Å². The first kappa shape index (κ1) is 15.7. The van der Waals surface area contributed by atoms with E-state index in [-0.39, 0.29) is 12.1 Å². The van der Waals surface area contributed by atoms with Gasteiger partial charge in [0.25, 0.3) is 0 Å². The normalized spacial score (nSPS) is 15.3. The molecule has 0 bridgehead atoms. The van der Waals surface area contributed by atoms with Crippen LogP contribution in [0.25, 0.3) is 10.8 Å². The zero-order chi connectivity index (χ0) is 18.6. The number of carbonyl (C=O) groups excluding carboxylic acids is 1. The lowest BCUT2D eigenvalue weighted by atomic mass is 9.82. The Morgan fingerprint density at radius 3 is 2.30 bits per heavy atom. The molecule has 1 aliphatic rings. The van der Waals surface area contributed by atoms with Gasteiger partial charge in [-0.05, 0) is 42.3 Å². The average molecular weight is 360 g/mol. The lowest BCUT2D eigenvalue weighted by Crippen LogP contribution is -2.26. The summed E-state index contributed by atoms with van der Waals surface area (Å²) in [5, 5.41) is 10.6. The van der Waals surface area contributed by atoms with Gasteiger partial charge in [-0.3, -0.25) is 4.79 Å². The zero-order valence-electron chi connectivity index (χ0n) is 14.8. The summed E-state index contributed by atoms with van der Waals surface area (Å²) in [6.07, 6.45) is 5.91. The molecule has 0 saturated heterocycles. The van der Waals surface area contributed by atoms with Gasteiger partial charge in [-0.15, -0.1) is 0 Å². The molecular formula is C19H16N6O2.